The Morgan fingerprint density at radius 3 is 1.90 bits per heavy atom. The minimum absolute atomic E-state index is 0. The zero-order chi connectivity index (χ0) is 20.5. The Kier molecular flexibility index (Phi) is 5.89. The number of aryl methyl sites for hydroxylation is 1. The normalized spacial score (nSPS) is 10.4. The molecule has 0 N–H and O–H groups in total. The second kappa shape index (κ2) is 8.38. The molecule has 2 aromatic heterocycles. The number of nitrogens with zero attached hydrogens (tertiary/aromatic N) is 3. The Labute approximate surface area is 182 Å². The van der Waals surface area contributed by atoms with Crippen LogP contribution in [0.25, 0.3) is 27.8 Å². The Morgan fingerprint density at radius 1 is 0.767 bits per heavy atom. The van der Waals surface area contributed by atoms with Gasteiger partial charge in [0.25, 0.3) is 11.4 Å². The van der Waals surface area contributed by atoms with Crippen molar-refractivity contribution in [3.63, 3.8) is 0 Å². The second-order valence-electron chi connectivity index (χ2n) is 6.75. The van der Waals surface area contributed by atoms with E-state index in [-0.39, 0.29) is 28.4 Å². The third kappa shape index (κ3) is 4.04. The summed E-state index contributed by atoms with van der Waals surface area (Å²) in [6.45, 7) is 1.99. The molecular formula is C22H16BrN3O4. The zero-order valence-corrected chi connectivity index (χ0v) is 17.4. The molecule has 4 rings (SSSR count). The number of nitro groups is 2. The van der Waals surface area contributed by atoms with E-state index in [0.29, 0.717) is 11.1 Å². The van der Waals surface area contributed by atoms with Crippen LogP contribution in [0.3, 0.4) is 0 Å². The molecule has 7 nitrogen and oxygen atoms in total. The highest BCUT2D eigenvalue weighted by Gasteiger charge is 2.18. The molecule has 8 heteroatoms. The van der Waals surface area contributed by atoms with Crippen molar-refractivity contribution in [2.45, 2.75) is 6.92 Å². The molecule has 0 unspecified atom stereocenters. The van der Waals surface area contributed by atoms with E-state index in [2.05, 4.69) is 0 Å². The molecule has 0 aliphatic rings. The average Bonchev–Trinajstić information content (AvgIpc) is 2.73. The van der Waals surface area contributed by atoms with Crippen molar-refractivity contribution in [2.75, 3.05) is 0 Å². The number of nitro benzene ring substituents is 2. The van der Waals surface area contributed by atoms with Crippen LogP contribution in [-0.4, -0.2) is 9.85 Å². The molecule has 30 heavy (non-hydrogen) atoms. The van der Waals surface area contributed by atoms with Gasteiger partial charge in [0.05, 0.1) is 15.4 Å². The van der Waals surface area contributed by atoms with Crippen LogP contribution in [-0.2, 0) is 0 Å². The van der Waals surface area contributed by atoms with E-state index in [9.17, 15) is 20.2 Å². The summed E-state index contributed by atoms with van der Waals surface area (Å²) in [5, 5.41) is 22.5. The van der Waals surface area contributed by atoms with Crippen molar-refractivity contribution < 1.29 is 31.2 Å². The average molecular weight is 466 g/mol. The Balaban J connectivity index is 0.00000256. The first-order chi connectivity index (χ1) is 13.9. The predicted molar refractivity (Wildman–Crippen MR) is 109 cm³/mol. The molecule has 0 bridgehead atoms. The molecule has 150 valence electrons. The van der Waals surface area contributed by atoms with E-state index in [4.69, 9.17) is 0 Å². The van der Waals surface area contributed by atoms with E-state index in [1.165, 1.54) is 24.3 Å². The molecule has 0 atom stereocenters. The van der Waals surface area contributed by atoms with Crippen molar-refractivity contribution in [1.29, 1.82) is 0 Å². The summed E-state index contributed by atoms with van der Waals surface area (Å²) < 4.78 is 1.93. The van der Waals surface area contributed by atoms with Gasteiger partial charge in [0.2, 0.25) is 5.52 Å². The first-order valence-electron chi connectivity index (χ1n) is 8.88. The molecule has 0 saturated carbocycles. The number of non-ortho nitro benzene ring substituents is 2. The molecule has 2 aromatic carbocycles. The van der Waals surface area contributed by atoms with Gasteiger partial charge in [-0.3, -0.25) is 20.2 Å². The van der Waals surface area contributed by atoms with Gasteiger partial charge < -0.3 is 17.0 Å². The van der Waals surface area contributed by atoms with Gasteiger partial charge in [0, 0.05) is 48.0 Å². The molecule has 0 aliphatic heterocycles. The standard InChI is InChI=1S/C22H16N3O4.BrH/c1-15-8-9-23-14-22(17-5-3-7-19(12-17)25(28)29)21(13-20(23)10-15)16-4-2-6-18(11-16)24(26)27;/h2-14H,1H3;1H/q+1;/p-1. The minimum atomic E-state index is -0.436. The summed E-state index contributed by atoms with van der Waals surface area (Å²) in [5.41, 5.74) is 4.82. The van der Waals surface area contributed by atoms with E-state index < -0.39 is 9.85 Å². The molecule has 2 heterocycles. The van der Waals surface area contributed by atoms with Gasteiger partial charge in [-0.1, -0.05) is 24.3 Å². The topological polar surface area (TPSA) is 90.4 Å². The lowest BCUT2D eigenvalue weighted by Gasteiger charge is -2.09. The smallest absolute Gasteiger partial charge is 0.270 e. The molecule has 0 fully saturated rings. The van der Waals surface area contributed by atoms with Crippen molar-refractivity contribution in [3.8, 4) is 22.3 Å². The lowest BCUT2D eigenvalue weighted by atomic mass is 9.95. The number of halogens is 1. The molecule has 0 amide bonds. The molecule has 0 aliphatic carbocycles. The number of hydrogen-bond acceptors (Lipinski definition) is 4. The first kappa shape index (κ1) is 21.1. The Hall–Kier alpha value is -3.65. The van der Waals surface area contributed by atoms with Crippen molar-refractivity contribution in [2.24, 2.45) is 0 Å². The molecule has 0 radical (unpaired) electrons. The number of hydrogen-bond donors (Lipinski definition) is 0. The van der Waals surface area contributed by atoms with Gasteiger partial charge in [-0.15, -0.1) is 0 Å². The van der Waals surface area contributed by atoms with Crippen LogP contribution in [0.15, 0.2) is 79.1 Å². The van der Waals surface area contributed by atoms with Crippen LogP contribution in [0.2, 0.25) is 0 Å². The summed E-state index contributed by atoms with van der Waals surface area (Å²) in [6.07, 6.45) is 3.81. The van der Waals surface area contributed by atoms with Gasteiger partial charge in [0.1, 0.15) is 0 Å². The van der Waals surface area contributed by atoms with Crippen LogP contribution in [0.1, 0.15) is 5.56 Å². The largest absolute Gasteiger partial charge is 1.00 e. The van der Waals surface area contributed by atoms with Gasteiger partial charge >= 0.3 is 0 Å². The molecule has 4 aromatic rings. The van der Waals surface area contributed by atoms with Crippen molar-refractivity contribution in [1.82, 2.24) is 0 Å². The highest BCUT2D eigenvalue weighted by atomic mass is 79.9. The van der Waals surface area contributed by atoms with E-state index >= 15 is 0 Å². The highest BCUT2D eigenvalue weighted by Crippen LogP contribution is 2.34. The number of aromatic nitrogens is 1. The number of fused-ring (bicyclic) bond motifs is 1. The van der Waals surface area contributed by atoms with Crippen molar-refractivity contribution >= 4 is 16.9 Å². The predicted octanol–water partition coefficient (Wildman–Crippen LogP) is 1.89. The maximum atomic E-state index is 11.2. The van der Waals surface area contributed by atoms with Crippen LogP contribution < -0.4 is 21.4 Å². The Bertz CT molecular complexity index is 1290. The maximum absolute atomic E-state index is 11.2. The SMILES string of the molecule is Cc1cc[n+]2cc(-c3cccc([N+](=O)[O-])c3)c(-c3cccc([N+](=O)[O-])c3)cc2c1.[Br-]. The summed E-state index contributed by atoms with van der Waals surface area (Å²) in [7, 11) is 0. The van der Waals surface area contributed by atoms with E-state index in [0.717, 1.165) is 22.2 Å². The van der Waals surface area contributed by atoms with Gasteiger partial charge in [-0.25, -0.2) is 0 Å². The fourth-order valence-electron chi connectivity index (χ4n) is 3.35. The summed E-state index contributed by atoms with van der Waals surface area (Å²) in [5.74, 6) is 0. The van der Waals surface area contributed by atoms with Crippen LogP contribution in [0, 0.1) is 27.2 Å². The number of pyridine rings is 2. The second-order valence-corrected chi connectivity index (χ2v) is 6.75. The fourth-order valence-corrected chi connectivity index (χ4v) is 3.35. The highest BCUT2D eigenvalue weighted by molar-refractivity contribution is 5.85. The number of benzene rings is 2. The zero-order valence-electron chi connectivity index (χ0n) is 15.9. The maximum Gasteiger partial charge on any atom is 0.270 e. The van der Waals surface area contributed by atoms with Gasteiger partial charge in [-0.05, 0) is 23.6 Å². The van der Waals surface area contributed by atoms with Crippen LogP contribution in [0.4, 0.5) is 11.4 Å². The monoisotopic (exact) mass is 465 g/mol. The molecule has 0 spiro atoms. The lowest BCUT2D eigenvalue weighted by Crippen LogP contribution is -3.00. The van der Waals surface area contributed by atoms with Crippen LogP contribution in [0.5, 0.6) is 0 Å². The minimum Gasteiger partial charge on any atom is -1.00 e. The summed E-state index contributed by atoms with van der Waals surface area (Å²) >= 11 is 0. The summed E-state index contributed by atoms with van der Waals surface area (Å²) in [4.78, 5) is 21.6. The summed E-state index contributed by atoms with van der Waals surface area (Å²) in [6, 6.07) is 18.7. The van der Waals surface area contributed by atoms with Crippen LogP contribution >= 0.6 is 0 Å². The third-order valence-corrected chi connectivity index (χ3v) is 4.76. The van der Waals surface area contributed by atoms with Crippen molar-refractivity contribution in [3.05, 3.63) is 105 Å². The van der Waals surface area contributed by atoms with Gasteiger partial charge in [0.15, 0.2) is 12.4 Å². The van der Waals surface area contributed by atoms with Gasteiger partial charge in [-0.2, -0.15) is 4.40 Å². The molecular weight excluding hydrogens is 450 g/mol. The number of rotatable bonds is 4. The fraction of sp³-hybridized carbons (Fsp3) is 0.0455. The first-order valence-corrected chi connectivity index (χ1v) is 8.88. The van der Waals surface area contributed by atoms with E-state index in [1.807, 2.05) is 41.9 Å². The Morgan fingerprint density at radius 2 is 1.33 bits per heavy atom. The lowest BCUT2D eigenvalue weighted by molar-refractivity contribution is -0.511. The quantitative estimate of drug-likeness (QED) is 0.261. The van der Waals surface area contributed by atoms with E-state index in [1.54, 1.807) is 24.3 Å². The molecule has 0 saturated heterocycles. The third-order valence-electron chi connectivity index (χ3n) is 4.76.